The highest BCUT2D eigenvalue weighted by atomic mass is 16.3. The number of nitrogens with zero attached hydrogens (tertiary/aromatic N) is 4. The first kappa shape index (κ1) is 16.2. The molecule has 0 amide bonds. The fourth-order valence-electron chi connectivity index (χ4n) is 2.84. The van der Waals surface area contributed by atoms with Crippen LogP contribution in [0.4, 0.5) is 5.82 Å². The summed E-state index contributed by atoms with van der Waals surface area (Å²) in [6.45, 7) is 6.59. The average molecular weight is 325 g/mol. The van der Waals surface area contributed by atoms with Gasteiger partial charge in [0.15, 0.2) is 11.5 Å². The van der Waals surface area contributed by atoms with Crippen molar-refractivity contribution < 1.29 is 5.11 Å². The van der Waals surface area contributed by atoms with E-state index in [1.165, 1.54) is 0 Å². The summed E-state index contributed by atoms with van der Waals surface area (Å²) in [6.07, 6.45) is 1.70. The van der Waals surface area contributed by atoms with E-state index in [0.29, 0.717) is 18.4 Å². The quantitative estimate of drug-likeness (QED) is 0.727. The molecular formula is C18H23N5O. The third kappa shape index (κ3) is 3.82. The highest BCUT2D eigenvalue weighted by Gasteiger charge is 2.10. The Morgan fingerprint density at radius 2 is 1.79 bits per heavy atom. The van der Waals surface area contributed by atoms with Gasteiger partial charge in [0, 0.05) is 12.5 Å². The van der Waals surface area contributed by atoms with E-state index in [9.17, 15) is 5.11 Å². The van der Waals surface area contributed by atoms with Crippen LogP contribution in [-0.4, -0.2) is 31.0 Å². The van der Waals surface area contributed by atoms with Gasteiger partial charge in [0.1, 0.15) is 11.6 Å². The third-order valence-corrected chi connectivity index (χ3v) is 3.85. The van der Waals surface area contributed by atoms with Crippen molar-refractivity contribution in [2.24, 2.45) is 5.92 Å². The van der Waals surface area contributed by atoms with Crippen LogP contribution >= 0.6 is 0 Å². The minimum atomic E-state index is 0.258. The summed E-state index contributed by atoms with van der Waals surface area (Å²) in [4.78, 5) is 0. The molecule has 1 atom stereocenters. The minimum Gasteiger partial charge on any atom is -0.508 e. The smallest absolute Gasteiger partial charge is 0.178 e. The van der Waals surface area contributed by atoms with E-state index in [2.05, 4.69) is 41.4 Å². The number of hydrogen-bond donors (Lipinski definition) is 2. The molecule has 2 heterocycles. The Morgan fingerprint density at radius 3 is 2.50 bits per heavy atom. The zero-order chi connectivity index (χ0) is 17.1. The largest absolute Gasteiger partial charge is 0.508 e. The van der Waals surface area contributed by atoms with Crippen molar-refractivity contribution in [1.82, 2.24) is 19.8 Å². The number of aromatic hydroxyl groups is 1. The van der Waals surface area contributed by atoms with Gasteiger partial charge in [-0.15, -0.1) is 15.3 Å². The molecule has 0 fully saturated rings. The number of benzene rings is 1. The number of nitrogens with one attached hydrogen (secondary N) is 1. The van der Waals surface area contributed by atoms with Crippen LogP contribution in [0.1, 0.15) is 38.6 Å². The van der Waals surface area contributed by atoms with Crippen molar-refractivity contribution in [2.45, 2.75) is 39.7 Å². The highest BCUT2D eigenvalue weighted by Crippen LogP contribution is 2.15. The number of aromatic nitrogens is 4. The van der Waals surface area contributed by atoms with Crippen LogP contribution in [0.3, 0.4) is 0 Å². The predicted molar refractivity (Wildman–Crippen MR) is 94.2 cm³/mol. The maximum Gasteiger partial charge on any atom is 0.178 e. The van der Waals surface area contributed by atoms with Gasteiger partial charge in [-0.05, 0) is 49.1 Å². The van der Waals surface area contributed by atoms with Gasteiger partial charge in [0.25, 0.3) is 0 Å². The first-order chi connectivity index (χ1) is 11.5. The van der Waals surface area contributed by atoms with Gasteiger partial charge < -0.3 is 10.4 Å². The van der Waals surface area contributed by atoms with Crippen molar-refractivity contribution >= 4 is 11.5 Å². The van der Waals surface area contributed by atoms with Gasteiger partial charge in [-0.3, -0.25) is 0 Å². The maximum atomic E-state index is 9.38. The van der Waals surface area contributed by atoms with Crippen molar-refractivity contribution in [2.75, 3.05) is 5.32 Å². The van der Waals surface area contributed by atoms with Gasteiger partial charge in [0.2, 0.25) is 0 Å². The highest BCUT2D eigenvalue weighted by molar-refractivity contribution is 5.44. The Bertz CT molecular complexity index is 810. The predicted octanol–water partition coefficient (Wildman–Crippen LogP) is 3.27. The van der Waals surface area contributed by atoms with Crippen molar-refractivity contribution in [1.29, 1.82) is 0 Å². The number of rotatable bonds is 6. The average Bonchev–Trinajstić information content (AvgIpc) is 2.91. The van der Waals surface area contributed by atoms with Crippen LogP contribution in [-0.2, 0) is 6.42 Å². The molecule has 0 aliphatic heterocycles. The Morgan fingerprint density at radius 1 is 1.04 bits per heavy atom. The molecule has 24 heavy (non-hydrogen) atoms. The van der Waals surface area contributed by atoms with Gasteiger partial charge >= 0.3 is 0 Å². The second-order valence-electron chi connectivity index (χ2n) is 6.62. The van der Waals surface area contributed by atoms with E-state index in [4.69, 9.17) is 0 Å². The monoisotopic (exact) mass is 325 g/mol. The molecule has 6 heteroatoms. The lowest BCUT2D eigenvalue weighted by molar-refractivity contribution is 0.475. The maximum absolute atomic E-state index is 9.38. The molecule has 0 saturated heterocycles. The zero-order valence-electron chi connectivity index (χ0n) is 14.3. The van der Waals surface area contributed by atoms with Crippen LogP contribution in [0.15, 0.2) is 36.4 Å². The van der Waals surface area contributed by atoms with Gasteiger partial charge in [0.05, 0.1) is 0 Å². The van der Waals surface area contributed by atoms with Crippen molar-refractivity contribution in [3.05, 3.63) is 47.8 Å². The van der Waals surface area contributed by atoms with Crippen molar-refractivity contribution in [3.63, 3.8) is 0 Å². The molecule has 3 aromatic rings. The third-order valence-electron chi connectivity index (χ3n) is 3.85. The van der Waals surface area contributed by atoms with E-state index >= 15 is 0 Å². The number of fused-ring (bicyclic) bond motifs is 1. The zero-order valence-corrected chi connectivity index (χ0v) is 14.3. The van der Waals surface area contributed by atoms with Gasteiger partial charge in [-0.2, -0.15) is 4.52 Å². The van der Waals surface area contributed by atoms with Crippen molar-refractivity contribution in [3.8, 4) is 5.75 Å². The summed E-state index contributed by atoms with van der Waals surface area (Å²) < 4.78 is 1.78. The second kappa shape index (κ2) is 6.86. The van der Waals surface area contributed by atoms with E-state index in [1.54, 1.807) is 16.6 Å². The van der Waals surface area contributed by atoms with E-state index in [0.717, 1.165) is 29.3 Å². The number of phenolic OH excluding ortho intramolecular Hbond substituents is 1. The summed E-state index contributed by atoms with van der Waals surface area (Å²) in [6, 6.07) is 11.3. The summed E-state index contributed by atoms with van der Waals surface area (Å²) in [5, 5.41) is 25.9. The van der Waals surface area contributed by atoms with Gasteiger partial charge in [-0.25, -0.2) is 0 Å². The molecule has 2 N–H and O–H groups in total. The SMILES string of the molecule is CC(C)CC(C)Nc1ccc2nnc(Cc3ccc(O)cc3)n2n1. The summed E-state index contributed by atoms with van der Waals surface area (Å²) in [5.41, 5.74) is 1.78. The van der Waals surface area contributed by atoms with Crippen LogP contribution in [0.5, 0.6) is 5.75 Å². The first-order valence-electron chi connectivity index (χ1n) is 8.27. The van der Waals surface area contributed by atoms with E-state index < -0.39 is 0 Å². The van der Waals surface area contributed by atoms with Crippen LogP contribution < -0.4 is 5.32 Å². The lowest BCUT2D eigenvalue weighted by atomic mass is 10.1. The fourth-order valence-corrected chi connectivity index (χ4v) is 2.84. The molecule has 0 saturated carbocycles. The Hall–Kier alpha value is -2.63. The molecule has 126 valence electrons. The topological polar surface area (TPSA) is 75.3 Å². The molecule has 0 bridgehead atoms. The Labute approximate surface area is 141 Å². The lowest BCUT2D eigenvalue weighted by Crippen LogP contribution is -2.19. The summed E-state index contributed by atoms with van der Waals surface area (Å²) in [5.74, 6) is 2.49. The molecule has 1 unspecified atom stereocenters. The van der Waals surface area contributed by atoms with Crippen LogP contribution in [0, 0.1) is 5.92 Å². The molecule has 0 aliphatic rings. The number of phenols is 1. The number of anilines is 1. The first-order valence-corrected chi connectivity index (χ1v) is 8.27. The Kier molecular flexibility index (Phi) is 4.64. The molecule has 1 aromatic carbocycles. The number of hydrogen-bond acceptors (Lipinski definition) is 5. The fraction of sp³-hybridized carbons (Fsp3) is 0.389. The molecule has 6 nitrogen and oxygen atoms in total. The normalized spacial score (nSPS) is 12.7. The molecule has 0 radical (unpaired) electrons. The van der Waals surface area contributed by atoms with Gasteiger partial charge in [-0.1, -0.05) is 26.0 Å². The standard InChI is InChI=1S/C18H23N5O/c1-12(2)10-13(3)19-16-8-9-17-20-21-18(23(17)22-16)11-14-4-6-15(24)7-5-14/h4-9,12-13,24H,10-11H2,1-3H3,(H,19,22). The van der Waals surface area contributed by atoms with E-state index in [-0.39, 0.29) is 5.75 Å². The van der Waals surface area contributed by atoms with Crippen LogP contribution in [0.2, 0.25) is 0 Å². The summed E-state index contributed by atoms with van der Waals surface area (Å²) in [7, 11) is 0. The second-order valence-corrected chi connectivity index (χ2v) is 6.62. The minimum absolute atomic E-state index is 0.258. The Balaban J connectivity index is 1.81. The lowest BCUT2D eigenvalue weighted by Gasteiger charge is -2.16. The molecule has 2 aromatic heterocycles. The molecule has 3 rings (SSSR count). The summed E-state index contributed by atoms with van der Waals surface area (Å²) >= 11 is 0. The molecular weight excluding hydrogens is 302 g/mol. The molecule has 0 aliphatic carbocycles. The van der Waals surface area contributed by atoms with E-state index in [1.807, 2.05) is 24.3 Å². The molecule has 0 spiro atoms. The van der Waals surface area contributed by atoms with Crippen LogP contribution in [0.25, 0.3) is 5.65 Å².